The quantitative estimate of drug-likeness (QED) is 0.599. The lowest BCUT2D eigenvalue weighted by Gasteiger charge is -2.23. The summed E-state index contributed by atoms with van der Waals surface area (Å²) in [6, 6.07) is 14.6. The molecule has 0 radical (unpaired) electrons. The zero-order valence-electron chi connectivity index (χ0n) is 9.80. The third kappa shape index (κ3) is 2.08. The molecule has 0 saturated heterocycles. The highest BCUT2D eigenvalue weighted by Crippen LogP contribution is 2.34. The predicted octanol–water partition coefficient (Wildman–Crippen LogP) is 3.28. The van der Waals surface area contributed by atoms with Crippen molar-refractivity contribution in [2.75, 3.05) is 0 Å². The van der Waals surface area contributed by atoms with Crippen LogP contribution in [0.15, 0.2) is 53.0 Å². The summed E-state index contributed by atoms with van der Waals surface area (Å²) in [6.45, 7) is 0. The maximum atomic E-state index is 12.0. The highest BCUT2D eigenvalue weighted by Gasteiger charge is 2.35. The molecule has 0 fully saturated rings. The zero-order valence-corrected chi connectivity index (χ0v) is 11.4. The van der Waals surface area contributed by atoms with Crippen LogP contribution in [0.4, 0.5) is 0 Å². The Balaban J connectivity index is 2.19. The monoisotopic (exact) mass is 316 g/mol. The van der Waals surface area contributed by atoms with E-state index in [1.807, 2.05) is 36.4 Å². The molecule has 2 aromatic rings. The van der Waals surface area contributed by atoms with E-state index in [0.717, 1.165) is 10.0 Å². The number of hydrogen-bond acceptors (Lipinski definition) is 3. The first kappa shape index (κ1) is 12.1. The number of fused-ring (bicyclic) bond motifs is 1. The summed E-state index contributed by atoms with van der Waals surface area (Å²) >= 11 is 3.32. The number of ether oxygens (including phenoxy) is 1. The first-order valence-electron chi connectivity index (χ1n) is 5.77. The van der Waals surface area contributed by atoms with Crippen molar-refractivity contribution in [1.82, 2.24) is 0 Å². The third-order valence-electron chi connectivity index (χ3n) is 3.11. The van der Waals surface area contributed by atoms with Gasteiger partial charge in [-0.05, 0) is 23.3 Å². The minimum Gasteiger partial charge on any atom is -0.389 e. The smallest absolute Gasteiger partial charge is 0.346 e. The zero-order chi connectivity index (χ0) is 13.4. The highest BCUT2D eigenvalue weighted by molar-refractivity contribution is 9.10. The Kier molecular flexibility index (Phi) is 2.95. The lowest BCUT2D eigenvalue weighted by atomic mass is 9.86. The molecule has 2 aromatic carbocycles. The number of hydrogen-bond donors (Lipinski definition) is 0. The van der Waals surface area contributed by atoms with Gasteiger partial charge in [0.15, 0.2) is 0 Å². The van der Waals surface area contributed by atoms with Gasteiger partial charge >= 0.3 is 11.9 Å². The molecule has 4 heteroatoms. The molecule has 0 aliphatic carbocycles. The molecule has 19 heavy (non-hydrogen) atoms. The van der Waals surface area contributed by atoms with E-state index in [2.05, 4.69) is 15.9 Å². The molecule has 1 heterocycles. The summed E-state index contributed by atoms with van der Waals surface area (Å²) in [7, 11) is 0. The maximum Gasteiger partial charge on any atom is 0.346 e. The topological polar surface area (TPSA) is 43.4 Å². The van der Waals surface area contributed by atoms with Gasteiger partial charge in [0.2, 0.25) is 0 Å². The van der Waals surface area contributed by atoms with E-state index >= 15 is 0 Å². The van der Waals surface area contributed by atoms with Crippen LogP contribution in [0, 0.1) is 0 Å². The van der Waals surface area contributed by atoms with Crippen LogP contribution in [0.1, 0.15) is 27.4 Å². The van der Waals surface area contributed by atoms with Gasteiger partial charge in [-0.15, -0.1) is 0 Å². The molecule has 1 aliphatic heterocycles. The van der Waals surface area contributed by atoms with Crippen LogP contribution in [0.25, 0.3) is 0 Å². The van der Waals surface area contributed by atoms with Gasteiger partial charge < -0.3 is 4.74 Å². The third-order valence-corrected chi connectivity index (χ3v) is 3.60. The Morgan fingerprint density at radius 1 is 1.00 bits per heavy atom. The van der Waals surface area contributed by atoms with E-state index in [0.29, 0.717) is 11.1 Å². The fraction of sp³-hybridized carbons (Fsp3) is 0.0667. The van der Waals surface area contributed by atoms with Crippen molar-refractivity contribution < 1.29 is 14.3 Å². The fourth-order valence-electron chi connectivity index (χ4n) is 2.25. The largest absolute Gasteiger partial charge is 0.389 e. The van der Waals surface area contributed by atoms with Crippen molar-refractivity contribution in [1.29, 1.82) is 0 Å². The van der Waals surface area contributed by atoms with Crippen LogP contribution in [-0.4, -0.2) is 11.9 Å². The number of halogens is 1. The lowest BCUT2D eigenvalue weighted by Crippen LogP contribution is -2.28. The van der Waals surface area contributed by atoms with E-state index in [1.165, 1.54) is 0 Å². The normalized spacial score (nSPS) is 17.8. The van der Waals surface area contributed by atoms with Crippen LogP contribution in [0.2, 0.25) is 0 Å². The SMILES string of the molecule is O=C1OC(=O)C(c2ccccc2)c2ccc(Br)cc21. The number of rotatable bonds is 1. The first-order chi connectivity index (χ1) is 9.16. The lowest BCUT2D eigenvalue weighted by molar-refractivity contribution is -0.139. The Morgan fingerprint density at radius 3 is 2.47 bits per heavy atom. The molecule has 0 aromatic heterocycles. The molecule has 0 bridgehead atoms. The summed E-state index contributed by atoms with van der Waals surface area (Å²) in [5.41, 5.74) is 1.95. The molecular formula is C15H9BrO3. The molecule has 0 spiro atoms. The Hall–Kier alpha value is -1.94. The molecule has 0 N–H and O–H groups in total. The minimum atomic E-state index is -0.589. The summed E-state index contributed by atoms with van der Waals surface area (Å²) in [4.78, 5) is 23.8. The fourth-order valence-corrected chi connectivity index (χ4v) is 2.61. The molecular weight excluding hydrogens is 308 g/mol. The second kappa shape index (κ2) is 4.63. The van der Waals surface area contributed by atoms with E-state index < -0.39 is 17.9 Å². The van der Waals surface area contributed by atoms with Crippen LogP contribution in [-0.2, 0) is 9.53 Å². The number of esters is 2. The summed E-state index contributed by atoms with van der Waals surface area (Å²) in [6.07, 6.45) is 0. The van der Waals surface area contributed by atoms with E-state index in [9.17, 15) is 9.59 Å². The van der Waals surface area contributed by atoms with E-state index in [4.69, 9.17) is 4.74 Å². The van der Waals surface area contributed by atoms with Crippen molar-refractivity contribution >= 4 is 27.9 Å². The van der Waals surface area contributed by atoms with Crippen molar-refractivity contribution in [3.63, 3.8) is 0 Å². The van der Waals surface area contributed by atoms with Gasteiger partial charge in [-0.1, -0.05) is 52.3 Å². The molecule has 1 unspecified atom stereocenters. The average Bonchev–Trinajstić information content (AvgIpc) is 2.41. The van der Waals surface area contributed by atoms with Crippen molar-refractivity contribution in [2.45, 2.75) is 5.92 Å². The standard InChI is InChI=1S/C15H9BrO3/c16-10-6-7-11-12(8-10)14(17)19-15(18)13(11)9-4-2-1-3-5-9/h1-8,13H. The van der Waals surface area contributed by atoms with Crippen LogP contribution >= 0.6 is 15.9 Å². The van der Waals surface area contributed by atoms with Gasteiger partial charge in [0.05, 0.1) is 5.56 Å². The van der Waals surface area contributed by atoms with Gasteiger partial charge in [-0.2, -0.15) is 0 Å². The molecule has 0 saturated carbocycles. The molecule has 1 aliphatic rings. The van der Waals surface area contributed by atoms with Gasteiger partial charge in [-0.25, -0.2) is 4.79 Å². The number of carbonyl (C=O) groups excluding carboxylic acids is 2. The van der Waals surface area contributed by atoms with E-state index in [1.54, 1.807) is 12.1 Å². The van der Waals surface area contributed by atoms with Crippen LogP contribution in [0.5, 0.6) is 0 Å². The minimum absolute atomic E-state index is 0.433. The molecule has 1 atom stereocenters. The van der Waals surface area contributed by atoms with E-state index in [-0.39, 0.29) is 0 Å². The van der Waals surface area contributed by atoms with Crippen molar-refractivity contribution in [3.05, 3.63) is 69.7 Å². The predicted molar refractivity (Wildman–Crippen MR) is 72.8 cm³/mol. The van der Waals surface area contributed by atoms with Gasteiger partial charge in [0.25, 0.3) is 0 Å². The summed E-state index contributed by atoms with van der Waals surface area (Å²) < 4.78 is 5.62. The van der Waals surface area contributed by atoms with Crippen LogP contribution < -0.4 is 0 Å². The maximum absolute atomic E-state index is 12.0. The van der Waals surface area contributed by atoms with Crippen molar-refractivity contribution in [3.8, 4) is 0 Å². The van der Waals surface area contributed by atoms with Gasteiger partial charge in [0.1, 0.15) is 5.92 Å². The van der Waals surface area contributed by atoms with Crippen LogP contribution in [0.3, 0.4) is 0 Å². The molecule has 3 nitrogen and oxygen atoms in total. The second-order valence-electron chi connectivity index (χ2n) is 4.28. The number of carbonyl (C=O) groups is 2. The van der Waals surface area contributed by atoms with Gasteiger partial charge in [-0.3, -0.25) is 4.79 Å². The summed E-state index contributed by atoms with van der Waals surface area (Å²) in [5, 5.41) is 0. The average molecular weight is 317 g/mol. The molecule has 94 valence electrons. The Bertz CT molecular complexity index is 664. The van der Waals surface area contributed by atoms with Crippen molar-refractivity contribution in [2.24, 2.45) is 0 Å². The highest BCUT2D eigenvalue weighted by atomic mass is 79.9. The Morgan fingerprint density at radius 2 is 1.74 bits per heavy atom. The number of benzene rings is 2. The Labute approximate surface area is 118 Å². The molecule has 3 rings (SSSR count). The summed E-state index contributed by atoms with van der Waals surface area (Å²) in [5.74, 6) is -1.65. The first-order valence-corrected chi connectivity index (χ1v) is 6.56. The molecule has 0 amide bonds. The second-order valence-corrected chi connectivity index (χ2v) is 5.20. The van der Waals surface area contributed by atoms with Gasteiger partial charge in [0, 0.05) is 4.47 Å². The number of cyclic esters (lactones) is 2.